The van der Waals surface area contributed by atoms with Crippen LogP contribution < -0.4 is 5.73 Å². The van der Waals surface area contributed by atoms with Crippen molar-refractivity contribution in [3.8, 4) is 0 Å². The molecule has 0 spiro atoms. The maximum absolute atomic E-state index is 12.6. The predicted molar refractivity (Wildman–Crippen MR) is 105 cm³/mol. The zero-order valence-electron chi connectivity index (χ0n) is 14.7. The topological polar surface area (TPSA) is 58.8 Å². The van der Waals surface area contributed by atoms with Crippen LogP contribution in [-0.2, 0) is 9.53 Å². The van der Waals surface area contributed by atoms with E-state index in [0.29, 0.717) is 5.92 Å². The number of benzene rings is 1. The van der Waals surface area contributed by atoms with E-state index in [1.165, 1.54) is 5.56 Å². The summed E-state index contributed by atoms with van der Waals surface area (Å²) in [5, 5.41) is 0. The van der Waals surface area contributed by atoms with E-state index in [1.54, 1.807) is 0 Å². The number of amides is 1. The highest BCUT2D eigenvalue weighted by Gasteiger charge is 2.27. The van der Waals surface area contributed by atoms with Gasteiger partial charge in [0.25, 0.3) is 0 Å². The summed E-state index contributed by atoms with van der Waals surface area (Å²) in [6.07, 6.45) is 1.16. The van der Waals surface area contributed by atoms with Crippen LogP contribution in [0.15, 0.2) is 24.3 Å². The zero-order valence-corrected chi connectivity index (χ0v) is 16.4. The highest BCUT2D eigenvalue weighted by molar-refractivity contribution is 5.85. The summed E-state index contributed by atoms with van der Waals surface area (Å²) >= 11 is 0. The van der Waals surface area contributed by atoms with Crippen LogP contribution in [0.4, 0.5) is 0 Å². The SMILES string of the molecule is Cc1ccc(C(N)C(=O)N2CCN(CC3CCOC3)CC2)cc1.Cl.Cl. The van der Waals surface area contributed by atoms with E-state index in [2.05, 4.69) is 4.90 Å². The molecule has 0 bridgehead atoms. The van der Waals surface area contributed by atoms with Crippen molar-refractivity contribution in [3.63, 3.8) is 0 Å². The molecule has 0 aliphatic carbocycles. The lowest BCUT2D eigenvalue weighted by Crippen LogP contribution is -2.51. The van der Waals surface area contributed by atoms with E-state index in [-0.39, 0.29) is 30.7 Å². The Morgan fingerprint density at radius 2 is 1.84 bits per heavy atom. The third kappa shape index (κ3) is 5.83. The fourth-order valence-electron chi connectivity index (χ4n) is 3.36. The third-order valence-corrected chi connectivity index (χ3v) is 4.93. The van der Waals surface area contributed by atoms with Crippen molar-refractivity contribution in [1.82, 2.24) is 9.80 Å². The summed E-state index contributed by atoms with van der Waals surface area (Å²) in [5.41, 5.74) is 8.24. The molecule has 142 valence electrons. The second-order valence-corrected chi connectivity index (χ2v) is 6.74. The molecule has 2 atom stereocenters. The maximum Gasteiger partial charge on any atom is 0.244 e. The fourth-order valence-corrected chi connectivity index (χ4v) is 3.36. The van der Waals surface area contributed by atoms with Gasteiger partial charge in [0.05, 0.1) is 6.61 Å². The van der Waals surface area contributed by atoms with Crippen LogP contribution in [0, 0.1) is 12.8 Å². The second kappa shape index (κ2) is 10.3. The van der Waals surface area contributed by atoms with Crippen molar-refractivity contribution in [2.75, 3.05) is 45.9 Å². The van der Waals surface area contributed by atoms with Crippen LogP contribution in [0.5, 0.6) is 0 Å². The monoisotopic (exact) mass is 389 g/mol. The Bertz CT molecular complexity index is 528. The van der Waals surface area contributed by atoms with Gasteiger partial charge in [-0.1, -0.05) is 29.8 Å². The number of nitrogens with two attached hydrogens (primary N) is 1. The molecule has 1 amide bonds. The van der Waals surface area contributed by atoms with Gasteiger partial charge < -0.3 is 15.4 Å². The number of nitrogens with zero attached hydrogens (tertiary/aromatic N) is 2. The van der Waals surface area contributed by atoms with Gasteiger partial charge in [-0.25, -0.2) is 0 Å². The van der Waals surface area contributed by atoms with Gasteiger partial charge in [-0.2, -0.15) is 0 Å². The number of piperazine rings is 1. The summed E-state index contributed by atoms with van der Waals surface area (Å²) in [7, 11) is 0. The van der Waals surface area contributed by atoms with Gasteiger partial charge in [-0.15, -0.1) is 24.8 Å². The van der Waals surface area contributed by atoms with Gasteiger partial charge in [-0.05, 0) is 24.8 Å². The van der Waals surface area contributed by atoms with Gasteiger partial charge in [-0.3, -0.25) is 9.69 Å². The fraction of sp³-hybridized carbons (Fsp3) is 0.611. The lowest BCUT2D eigenvalue weighted by molar-refractivity contribution is -0.134. The molecule has 0 saturated carbocycles. The molecule has 2 aliphatic rings. The van der Waals surface area contributed by atoms with E-state index in [1.807, 2.05) is 36.1 Å². The number of rotatable bonds is 4. The van der Waals surface area contributed by atoms with E-state index in [9.17, 15) is 4.79 Å². The summed E-state index contributed by atoms with van der Waals surface area (Å²) < 4.78 is 5.44. The molecular weight excluding hydrogens is 361 g/mol. The van der Waals surface area contributed by atoms with E-state index in [4.69, 9.17) is 10.5 Å². The van der Waals surface area contributed by atoms with E-state index in [0.717, 1.165) is 57.9 Å². The molecule has 25 heavy (non-hydrogen) atoms. The molecule has 3 rings (SSSR count). The molecule has 2 saturated heterocycles. The lowest BCUT2D eigenvalue weighted by Gasteiger charge is -2.36. The highest BCUT2D eigenvalue weighted by atomic mass is 35.5. The molecule has 2 unspecified atom stereocenters. The summed E-state index contributed by atoms with van der Waals surface area (Å²) in [6.45, 7) is 8.31. The van der Waals surface area contributed by atoms with Gasteiger partial charge in [0.15, 0.2) is 0 Å². The van der Waals surface area contributed by atoms with Crippen LogP contribution in [0.1, 0.15) is 23.6 Å². The van der Waals surface area contributed by atoms with Crippen molar-refractivity contribution in [1.29, 1.82) is 0 Å². The first kappa shape index (κ1) is 22.2. The molecule has 0 aromatic heterocycles. The first-order chi connectivity index (χ1) is 11.1. The van der Waals surface area contributed by atoms with Crippen LogP contribution >= 0.6 is 24.8 Å². The standard InChI is InChI=1S/C18H27N3O2.2ClH/c1-14-2-4-16(5-3-14)17(19)18(22)21-9-7-20(8-10-21)12-15-6-11-23-13-15;;/h2-5,15,17H,6-13,19H2,1H3;2*1H. The predicted octanol–water partition coefficient (Wildman–Crippen LogP) is 2.02. The van der Waals surface area contributed by atoms with Crippen molar-refractivity contribution in [3.05, 3.63) is 35.4 Å². The number of carbonyl (C=O) groups is 1. The van der Waals surface area contributed by atoms with Crippen molar-refractivity contribution in [2.24, 2.45) is 11.7 Å². The lowest BCUT2D eigenvalue weighted by atomic mass is 10.0. The van der Waals surface area contributed by atoms with E-state index >= 15 is 0 Å². The Morgan fingerprint density at radius 3 is 2.40 bits per heavy atom. The van der Waals surface area contributed by atoms with Crippen LogP contribution in [0.3, 0.4) is 0 Å². The smallest absolute Gasteiger partial charge is 0.244 e. The molecule has 2 N–H and O–H groups in total. The molecular formula is C18H29Cl2N3O2. The van der Waals surface area contributed by atoms with Gasteiger partial charge in [0.2, 0.25) is 5.91 Å². The molecule has 7 heteroatoms. The van der Waals surface area contributed by atoms with Gasteiger partial charge in [0, 0.05) is 39.3 Å². The molecule has 5 nitrogen and oxygen atoms in total. The summed E-state index contributed by atoms with van der Waals surface area (Å²) in [6, 6.07) is 7.36. The largest absolute Gasteiger partial charge is 0.381 e. The number of hydrogen-bond donors (Lipinski definition) is 1. The van der Waals surface area contributed by atoms with Crippen LogP contribution in [0.25, 0.3) is 0 Å². The van der Waals surface area contributed by atoms with Gasteiger partial charge in [0.1, 0.15) is 6.04 Å². The Balaban J connectivity index is 0.00000156. The average molecular weight is 390 g/mol. The number of ether oxygens (including phenoxy) is 1. The Morgan fingerprint density at radius 1 is 1.20 bits per heavy atom. The number of halogens is 2. The number of carbonyl (C=O) groups excluding carboxylic acids is 1. The second-order valence-electron chi connectivity index (χ2n) is 6.74. The third-order valence-electron chi connectivity index (χ3n) is 4.93. The highest BCUT2D eigenvalue weighted by Crippen LogP contribution is 2.18. The molecule has 2 heterocycles. The van der Waals surface area contributed by atoms with Crippen LogP contribution in [-0.4, -0.2) is 61.6 Å². The van der Waals surface area contributed by atoms with Crippen molar-refractivity contribution >= 4 is 30.7 Å². The minimum absolute atomic E-state index is 0. The number of aryl methyl sites for hydroxylation is 1. The summed E-state index contributed by atoms with van der Waals surface area (Å²) in [5.74, 6) is 0.699. The van der Waals surface area contributed by atoms with Crippen molar-refractivity contribution in [2.45, 2.75) is 19.4 Å². The zero-order chi connectivity index (χ0) is 16.2. The molecule has 2 fully saturated rings. The quantitative estimate of drug-likeness (QED) is 0.855. The number of hydrogen-bond acceptors (Lipinski definition) is 4. The first-order valence-corrected chi connectivity index (χ1v) is 8.54. The normalized spacial score (nSPS) is 22.0. The molecule has 1 aromatic carbocycles. The molecule has 0 radical (unpaired) electrons. The van der Waals surface area contributed by atoms with E-state index < -0.39 is 6.04 Å². The first-order valence-electron chi connectivity index (χ1n) is 8.54. The summed E-state index contributed by atoms with van der Waals surface area (Å²) in [4.78, 5) is 17.0. The Kier molecular flexibility index (Phi) is 9.17. The minimum Gasteiger partial charge on any atom is -0.381 e. The maximum atomic E-state index is 12.6. The Hall–Kier alpha value is -0.850. The minimum atomic E-state index is -0.551. The molecule has 2 aliphatic heterocycles. The average Bonchev–Trinajstić information content (AvgIpc) is 3.08. The van der Waals surface area contributed by atoms with Crippen molar-refractivity contribution < 1.29 is 9.53 Å². The van der Waals surface area contributed by atoms with Crippen LogP contribution in [0.2, 0.25) is 0 Å². The van der Waals surface area contributed by atoms with Gasteiger partial charge >= 0.3 is 0 Å². The molecule has 1 aromatic rings. The Labute approximate surface area is 162 Å².